The van der Waals surface area contributed by atoms with Crippen molar-refractivity contribution in [3.63, 3.8) is 0 Å². The molecule has 0 aliphatic rings. The summed E-state index contributed by atoms with van der Waals surface area (Å²) in [5.41, 5.74) is 7.04. The van der Waals surface area contributed by atoms with E-state index in [1.54, 1.807) is 12.3 Å². The highest BCUT2D eigenvalue weighted by Gasteiger charge is 2.07. The van der Waals surface area contributed by atoms with E-state index in [9.17, 15) is 0 Å². The van der Waals surface area contributed by atoms with Gasteiger partial charge in [0.05, 0.1) is 10.7 Å². The second-order valence-electron chi connectivity index (χ2n) is 2.98. The predicted molar refractivity (Wildman–Crippen MR) is 62.5 cm³/mol. The first-order valence-electron chi connectivity index (χ1n) is 4.30. The van der Waals surface area contributed by atoms with Crippen LogP contribution in [0, 0.1) is 0 Å². The molecule has 15 heavy (non-hydrogen) atoms. The average molecular weight is 288 g/mol. The van der Waals surface area contributed by atoms with E-state index in [4.69, 9.17) is 21.8 Å². The van der Waals surface area contributed by atoms with E-state index < -0.39 is 0 Å². The molecule has 5 heteroatoms. The summed E-state index contributed by atoms with van der Waals surface area (Å²) < 4.78 is 6.10. The maximum Gasteiger partial charge on any atom is 0.226 e. The molecule has 0 fully saturated rings. The van der Waals surface area contributed by atoms with Crippen molar-refractivity contribution in [3.8, 4) is 11.5 Å². The van der Waals surface area contributed by atoms with Gasteiger partial charge in [-0.1, -0.05) is 11.6 Å². The van der Waals surface area contributed by atoms with E-state index >= 15 is 0 Å². The number of rotatable bonds is 2. The summed E-state index contributed by atoms with van der Waals surface area (Å²) in [7, 11) is 0. The standard InChI is InChI=1S/C10H8BrClN2O/c11-8-3-6(1-2-9(8)12)10-14-7(4-13)5-15-10/h1-3,5H,4,13H2. The molecule has 0 bridgehead atoms. The monoisotopic (exact) mass is 286 g/mol. The van der Waals surface area contributed by atoms with Gasteiger partial charge < -0.3 is 10.2 Å². The van der Waals surface area contributed by atoms with Crippen LogP contribution in [0.5, 0.6) is 0 Å². The first-order valence-corrected chi connectivity index (χ1v) is 5.47. The van der Waals surface area contributed by atoms with Crippen LogP contribution in [0.25, 0.3) is 11.5 Å². The highest BCUT2D eigenvalue weighted by Crippen LogP contribution is 2.28. The minimum Gasteiger partial charge on any atom is -0.444 e. The van der Waals surface area contributed by atoms with Gasteiger partial charge in [-0.2, -0.15) is 0 Å². The van der Waals surface area contributed by atoms with Crippen molar-refractivity contribution in [1.29, 1.82) is 0 Å². The van der Waals surface area contributed by atoms with Crippen LogP contribution in [0.2, 0.25) is 5.02 Å². The Labute approximate surface area is 100 Å². The molecule has 1 aromatic heterocycles. The van der Waals surface area contributed by atoms with Gasteiger partial charge in [-0.25, -0.2) is 4.98 Å². The highest BCUT2D eigenvalue weighted by atomic mass is 79.9. The van der Waals surface area contributed by atoms with E-state index in [1.807, 2.05) is 12.1 Å². The number of aromatic nitrogens is 1. The fourth-order valence-corrected chi connectivity index (χ4v) is 1.66. The topological polar surface area (TPSA) is 52.0 Å². The summed E-state index contributed by atoms with van der Waals surface area (Å²) in [5, 5.41) is 0.657. The van der Waals surface area contributed by atoms with Crippen molar-refractivity contribution in [2.24, 2.45) is 5.73 Å². The fourth-order valence-electron chi connectivity index (χ4n) is 1.16. The Balaban J connectivity index is 2.40. The number of halogens is 2. The predicted octanol–water partition coefficient (Wildman–Crippen LogP) is 3.22. The molecule has 0 aliphatic heterocycles. The summed E-state index contributed by atoms with van der Waals surface area (Å²) >= 11 is 9.22. The molecule has 3 nitrogen and oxygen atoms in total. The third-order valence-corrected chi connectivity index (χ3v) is 3.14. The minimum absolute atomic E-state index is 0.373. The zero-order valence-electron chi connectivity index (χ0n) is 7.71. The summed E-state index contributed by atoms with van der Waals surface area (Å²) in [4.78, 5) is 4.21. The molecule has 0 saturated carbocycles. The van der Waals surface area contributed by atoms with Gasteiger partial charge in [0.2, 0.25) is 5.89 Å². The molecule has 0 aliphatic carbocycles. The van der Waals surface area contributed by atoms with Crippen molar-refractivity contribution in [2.75, 3.05) is 0 Å². The van der Waals surface area contributed by atoms with Crippen molar-refractivity contribution in [2.45, 2.75) is 6.54 Å². The first-order chi connectivity index (χ1) is 7.20. The number of hydrogen-bond acceptors (Lipinski definition) is 3. The third-order valence-electron chi connectivity index (χ3n) is 1.93. The zero-order valence-corrected chi connectivity index (χ0v) is 10.0. The molecule has 0 atom stereocenters. The van der Waals surface area contributed by atoms with Gasteiger partial charge in [-0.15, -0.1) is 0 Å². The van der Waals surface area contributed by atoms with Crippen molar-refractivity contribution >= 4 is 27.5 Å². The Morgan fingerprint density at radius 1 is 1.47 bits per heavy atom. The lowest BCUT2D eigenvalue weighted by Gasteiger charge is -1.98. The van der Waals surface area contributed by atoms with E-state index in [-0.39, 0.29) is 0 Å². The maximum atomic E-state index is 5.88. The number of benzene rings is 1. The van der Waals surface area contributed by atoms with E-state index in [2.05, 4.69) is 20.9 Å². The van der Waals surface area contributed by atoms with Crippen LogP contribution >= 0.6 is 27.5 Å². The fraction of sp³-hybridized carbons (Fsp3) is 0.100. The van der Waals surface area contributed by atoms with Crippen LogP contribution in [0.3, 0.4) is 0 Å². The van der Waals surface area contributed by atoms with Crippen LogP contribution in [-0.4, -0.2) is 4.98 Å². The zero-order chi connectivity index (χ0) is 10.8. The molecule has 0 radical (unpaired) electrons. The van der Waals surface area contributed by atoms with E-state index in [0.717, 1.165) is 15.7 Å². The molecule has 2 aromatic rings. The molecule has 2 rings (SSSR count). The van der Waals surface area contributed by atoms with Gasteiger partial charge >= 0.3 is 0 Å². The third kappa shape index (κ3) is 2.22. The summed E-state index contributed by atoms with van der Waals surface area (Å²) in [6, 6.07) is 5.49. The second-order valence-corrected chi connectivity index (χ2v) is 4.24. The lowest BCUT2D eigenvalue weighted by molar-refractivity contribution is 0.572. The van der Waals surface area contributed by atoms with Gasteiger partial charge in [0.15, 0.2) is 0 Å². The minimum atomic E-state index is 0.373. The van der Waals surface area contributed by atoms with Crippen LogP contribution in [0.15, 0.2) is 33.4 Å². The largest absolute Gasteiger partial charge is 0.444 e. The average Bonchev–Trinajstić information content (AvgIpc) is 2.70. The van der Waals surface area contributed by atoms with Crippen LogP contribution in [0.4, 0.5) is 0 Å². The van der Waals surface area contributed by atoms with Gasteiger partial charge in [0.1, 0.15) is 6.26 Å². The number of hydrogen-bond donors (Lipinski definition) is 1. The maximum absolute atomic E-state index is 5.88. The van der Waals surface area contributed by atoms with Gasteiger partial charge in [-0.3, -0.25) is 0 Å². The highest BCUT2D eigenvalue weighted by molar-refractivity contribution is 9.10. The Hall–Kier alpha value is -0.840. The summed E-state index contributed by atoms with van der Waals surface area (Å²) in [6.45, 7) is 0.373. The molecule has 1 heterocycles. The van der Waals surface area contributed by atoms with Gasteiger partial charge in [0, 0.05) is 16.6 Å². The van der Waals surface area contributed by atoms with Crippen LogP contribution in [0.1, 0.15) is 5.69 Å². The Kier molecular flexibility index (Phi) is 3.09. The Morgan fingerprint density at radius 3 is 2.87 bits per heavy atom. The SMILES string of the molecule is NCc1coc(-c2ccc(Cl)c(Br)c2)n1. The van der Waals surface area contributed by atoms with Crippen molar-refractivity contribution in [1.82, 2.24) is 4.98 Å². The number of nitrogens with two attached hydrogens (primary N) is 1. The van der Waals surface area contributed by atoms with E-state index in [0.29, 0.717) is 17.5 Å². The van der Waals surface area contributed by atoms with Crippen LogP contribution in [-0.2, 0) is 6.54 Å². The summed E-state index contributed by atoms with van der Waals surface area (Å²) in [6.07, 6.45) is 1.55. The van der Waals surface area contributed by atoms with Gasteiger partial charge in [0.25, 0.3) is 0 Å². The number of oxazole rings is 1. The van der Waals surface area contributed by atoms with Crippen molar-refractivity contribution in [3.05, 3.63) is 39.7 Å². The molecule has 78 valence electrons. The van der Waals surface area contributed by atoms with Crippen LogP contribution < -0.4 is 5.73 Å². The first kappa shape index (κ1) is 10.7. The normalized spacial score (nSPS) is 10.6. The van der Waals surface area contributed by atoms with Gasteiger partial charge in [-0.05, 0) is 34.1 Å². The van der Waals surface area contributed by atoms with Crippen molar-refractivity contribution < 1.29 is 4.42 Å². The second kappa shape index (κ2) is 4.35. The molecule has 2 N–H and O–H groups in total. The molecule has 1 aromatic carbocycles. The molecule has 0 amide bonds. The summed E-state index contributed by atoms with van der Waals surface area (Å²) in [5.74, 6) is 0.549. The molecule has 0 saturated heterocycles. The molecule has 0 unspecified atom stereocenters. The molecule has 0 spiro atoms. The Bertz CT molecular complexity index is 484. The quantitative estimate of drug-likeness (QED) is 0.922. The lowest BCUT2D eigenvalue weighted by atomic mass is 10.2. The molecular weight excluding hydrogens is 279 g/mol. The van der Waals surface area contributed by atoms with E-state index in [1.165, 1.54) is 0 Å². The molecular formula is C10H8BrClN2O. The Morgan fingerprint density at radius 2 is 2.27 bits per heavy atom. The lowest BCUT2D eigenvalue weighted by Crippen LogP contribution is -1.95. The number of nitrogens with zero attached hydrogens (tertiary/aromatic N) is 1. The smallest absolute Gasteiger partial charge is 0.226 e.